The van der Waals surface area contributed by atoms with Crippen molar-refractivity contribution in [1.82, 2.24) is 0 Å². The molecule has 2 aromatic carbocycles. The third-order valence-electron chi connectivity index (χ3n) is 4.24. The van der Waals surface area contributed by atoms with Crippen molar-refractivity contribution in [3.05, 3.63) is 58.8 Å². The van der Waals surface area contributed by atoms with Gasteiger partial charge in [-0.15, -0.1) is 0 Å². The SMILES string of the molecule is O=C(CNc1ccc(Br)cc1F)N(c1ccccc1)[C@@H]1CCS(=O)(=O)C1. The van der Waals surface area contributed by atoms with Gasteiger partial charge in [-0.2, -0.15) is 0 Å². The van der Waals surface area contributed by atoms with Crippen LogP contribution in [0.5, 0.6) is 0 Å². The summed E-state index contributed by atoms with van der Waals surface area (Å²) in [6.45, 7) is -0.135. The fourth-order valence-electron chi connectivity index (χ4n) is 3.01. The van der Waals surface area contributed by atoms with Gasteiger partial charge in [0.2, 0.25) is 5.91 Å². The second-order valence-electron chi connectivity index (χ2n) is 6.13. The van der Waals surface area contributed by atoms with Crippen molar-refractivity contribution in [2.45, 2.75) is 12.5 Å². The van der Waals surface area contributed by atoms with E-state index in [2.05, 4.69) is 21.2 Å². The predicted molar refractivity (Wildman–Crippen MR) is 104 cm³/mol. The molecule has 0 saturated carbocycles. The minimum atomic E-state index is -3.14. The van der Waals surface area contributed by atoms with Crippen LogP contribution in [0.1, 0.15) is 6.42 Å². The number of rotatable bonds is 5. The van der Waals surface area contributed by atoms with Crippen LogP contribution >= 0.6 is 15.9 Å². The van der Waals surface area contributed by atoms with E-state index in [-0.39, 0.29) is 29.6 Å². The number of carbonyl (C=O) groups is 1. The van der Waals surface area contributed by atoms with Crippen LogP contribution in [0.25, 0.3) is 0 Å². The van der Waals surface area contributed by atoms with Crippen LogP contribution in [-0.4, -0.2) is 38.4 Å². The third kappa shape index (κ3) is 4.42. The summed E-state index contributed by atoms with van der Waals surface area (Å²) in [6.07, 6.45) is 0.398. The molecule has 0 aromatic heterocycles. The average Bonchev–Trinajstić information content (AvgIpc) is 2.95. The minimum absolute atomic E-state index is 0.0553. The van der Waals surface area contributed by atoms with E-state index in [0.717, 1.165) is 0 Å². The highest BCUT2D eigenvalue weighted by molar-refractivity contribution is 9.10. The number of amides is 1. The molecule has 5 nitrogen and oxygen atoms in total. The zero-order valence-electron chi connectivity index (χ0n) is 13.9. The van der Waals surface area contributed by atoms with Crippen molar-refractivity contribution in [3.63, 3.8) is 0 Å². The van der Waals surface area contributed by atoms with Gasteiger partial charge < -0.3 is 10.2 Å². The Morgan fingerprint density at radius 2 is 1.96 bits per heavy atom. The number of carbonyl (C=O) groups excluding carboxylic acids is 1. The van der Waals surface area contributed by atoms with E-state index in [9.17, 15) is 17.6 Å². The minimum Gasteiger partial charge on any atom is -0.374 e. The molecule has 0 bridgehead atoms. The number of hydrogen-bond acceptors (Lipinski definition) is 4. The first-order valence-corrected chi connectivity index (χ1v) is 10.7. The van der Waals surface area contributed by atoms with Gasteiger partial charge in [0.1, 0.15) is 5.82 Å². The van der Waals surface area contributed by atoms with E-state index >= 15 is 0 Å². The topological polar surface area (TPSA) is 66.5 Å². The van der Waals surface area contributed by atoms with Gasteiger partial charge in [0.25, 0.3) is 0 Å². The number of sulfone groups is 1. The quantitative estimate of drug-likeness (QED) is 0.774. The summed E-state index contributed by atoms with van der Waals surface area (Å²) in [4.78, 5) is 14.3. The molecule has 1 aliphatic heterocycles. The number of benzene rings is 2. The zero-order valence-corrected chi connectivity index (χ0v) is 16.3. The van der Waals surface area contributed by atoms with Gasteiger partial charge in [0.15, 0.2) is 9.84 Å². The monoisotopic (exact) mass is 440 g/mol. The van der Waals surface area contributed by atoms with Crippen LogP contribution in [-0.2, 0) is 14.6 Å². The van der Waals surface area contributed by atoms with E-state index in [4.69, 9.17) is 0 Å². The standard InChI is InChI=1S/C18H18BrFN2O3S/c19-13-6-7-17(16(20)10-13)21-11-18(23)22(14-4-2-1-3-5-14)15-8-9-26(24,25)12-15/h1-7,10,15,21H,8-9,11-12H2/t15-/m1/s1. The van der Waals surface area contributed by atoms with Gasteiger partial charge in [-0.1, -0.05) is 34.1 Å². The van der Waals surface area contributed by atoms with Crippen molar-refractivity contribution >= 4 is 43.0 Å². The summed E-state index contributed by atoms with van der Waals surface area (Å²) in [6, 6.07) is 13.1. The Morgan fingerprint density at radius 3 is 2.58 bits per heavy atom. The molecule has 138 valence electrons. The first-order valence-electron chi connectivity index (χ1n) is 8.12. The average molecular weight is 441 g/mol. The van der Waals surface area contributed by atoms with Crippen LogP contribution in [0.15, 0.2) is 53.0 Å². The van der Waals surface area contributed by atoms with Crippen molar-refractivity contribution in [1.29, 1.82) is 0 Å². The summed E-state index contributed by atoms with van der Waals surface area (Å²) in [5.41, 5.74) is 0.853. The molecular weight excluding hydrogens is 423 g/mol. The summed E-state index contributed by atoms with van der Waals surface area (Å²) < 4.78 is 38.2. The normalized spacial score (nSPS) is 18.5. The number of para-hydroxylation sites is 1. The lowest BCUT2D eigenvalue weighted by molar-refractivity contribution is -0.117. The Balaban J connectivity index is 1.79. The maximum Gasteiger partial charge on any atom is 0.246 e. The van der Waals surface area contributed by atoms with E-state index in [1.54, 1.807) is 36.4 Å². The number of anilines is 2. The highest BCUT2D eigenvalue weighted by atomic mass is 79.9. The first kappa shape index (κ1) is 18.8. The lowest BCUT2D eigenvalue weighted by Crippen LogP contribution is -2.44. The van der Waals surface area contributed by atoms with Gasteiger partial charge in [-0.25, -0.2) is 12.8 Å². The summed E-state index contributed by atoms with van der Waals surface area (Å²) in [5, 5.41) is 2.80. The second kappa shape index (κ2) is 7.75. The fraction of sp³-hybridized carbons (Fsp3) is 0.278. The van der Waals surface area contributed by atoms with Crippen LogP contribution in [0, 0.1) is 5.82 Å². The fourth-order valence-corrected chi connectivity index (χ4v) is 5.05. The Morgan fingerprint density at radius 1 is 1.23 bits per heavy atom. The third-order valence-corrected chi connectivity index (χ3v) is 6.48. The van der Waals surface area contributed by atoms with Crippen molar-refractivity contribution in [2.24, 2.45) is 0 Å². The molecule has 1 amide bonds. The largest absolute Gasteiger partial charge is 0.374 e. The van der Waals surface area contributed by atoms with Crippen LogP contribution in [0.3, 0.4) is 0 Å². The summed E-state index contributed by atoms with van der Waals surface area (Å²) >= 11 is 3.19. The highest BCUT2D eigenvalue weighted by Crippen LogP contribution is 2.25. The van der Waals surface area contributed by atoms with Gasteiger partial charge in [0, 0.05) is 10.2 Å². The summed E-state index contributed by atoms with van der Waals surface area (Å²) in [5.74, 6) is -0.758. The maximum absolute atomic E-state index is 13.9. The molecule has 0 radical (unpaired) electrons. The van der Waals surface area contributed by atoms with Crippen molar-refractivity contribution in [2.75, 3.05) is 28.3 Å². The van der Waals surface area contributed by atoms with E-state index in [0.29, 0.717) is 16.6 Å². The second-order valence-corrected chi connectivity index (χ2v) is 9.28. The van der Waals surface area contributed by atoms with Gasteiger partial charge in [0.05, 0.1) is 29.8 Å². The molecule has 0 unspecified atom stereocenters. The predicted octanol–water partition coefficient (Wildman–Crippen LogP) is 3.22. The smallest absolute Gasteiger partial charge is 0.246 e. The van der Waals surface area contributed by atoms with Gasteiger partial charge in [-0.05, 0) is 36.8 Å². The number of hydrogen-bond donors (Lipinski definition) is 1. The molecule has 3 rings (SSSR count). The molecule has 1 aliphatic rings. The number of halogens is 2. The molecule has 1 fully saturated rings. The zero-order chi connectivity index (χ0) is 18.7. The molecule has 1 saturated heterocycles. The van der Waals surface area contributed by atoms with E-state index < -0.39 is 21.7 Å². The molecule has 1 heterocycles. The molecule has 1 atom stereocenters. The van der Waals surface area contributed by atoms with E-state index in [1.165, 1.54) is 11.0 Å². The maximum atomic E-state index is 13.9. The summed E-state index contributed by atoms with van der Waals surface area (Å²) in [7, 11) is -3.14. The van der Waals surface area contributed by atoms with Crippen LogP contribution < -0.4 is 10.2 Å². The Labute approximate surface area is 160 Å². The molecule has 8 heteroatoms. The molecular formula is C18H18BrFN2O3S. The molecule has 1 N–H and O–H groups in total. The molecule has 26 heavy (non-hydrogen) atoms. The highest BCUT2D eigenvalue weighted by Gasteiger charge is 2.35. The lowest BCUT2D eigenvalue weighted by Gasteiger charge is -2.28. The first-order chi connectivity index (χ1) is 12.4. The molecule has 0 spiro atoms. The van der Waals surface area contributed by atoms with E-state index in [1.807, 2.05) is 6.07 Å². The number of nitrogens with zero attached hydrogens (tertiary/aromatic N) is 1. The molecule has 2 aromatic rings. The van der Waals surface area contributed by atoms with Gasteiger partial charge >= 0.3 is 0 Å². The van der Waals surface area contributed by atoms with Crippen molar-refractivity contribution < 1.29 is 17.6 Å². The number of nitrogens with one attached hydrogen (secondary N) is 1. The van der Waals surface area contributed by atoms with Gasteiger partial charge in [-0.3, -0.25) is 4.79 Å². The Hall–Kier alpha value is -1.93. The molecule has 0 aliphatic carbocycles. The van der Waals surface area contributed by atoms with Crippen LogP contribution in [0.4, 0.5) is 15.8 Å². The Bertz CT molecular complexity index is 906. The van der Waals surface area contributed by atoms with Crippen LogP contribution in [0.2, 0.25) is 0 Å². The lowest BCUT2D eigenvalue weighted by atomic mass is 10.1. The van der Waals surface area contributed by atoms with Crippen molar-refractivity contribution in [3.8, 4) is 0 Å². The Kier molecular flexibility index (Phi) is 5.62.